The summed E-state index contributed by atoms with van der Waals surface area (Å²) >= 11 is 0. The quantitative estimate of drug-likeness (QED) is 0.584. The third-order valence-corrected chi connectivity index (χ3v) is 5.70. The molecule has 34 heavy (non-hydrogen) atoms. The molecule has 1 saturated heterocycles. The van der Waals surface area contributed by atoms with Crippen molar-refractivity contribution in [1.29, 1.82) is 0 Å². The van der Waals surface area contributed by atoms with Crippen molar-refractivity contribution in [1.82, 2.24) is 5.32 Å². The molecule has 0 unspecified atom stereocenters. The summed E-state index contributed by atoms with van der Waals surface area (Å²) in [5, 5.41) is 2.74. The van der Waals surface area contributed by atoms with Gasteiger partial charge < -0.3 is 33.9 Å². The molecule has 10 heteroatoms. The Morgan fingerprint density at radius 1 is 1.12 bits per heavy atom. The highest BCUT2D eigenvalue weighted by molar-refractivity contribution is 6.01. The molecule has 2 aromatic carbocycles. The molecule has 10 nitrogen and oxygen atoms in total. The maximum atomic E-state index is 12.7. The minimum Gasteiger partial charge on any atom is -0.497 e. The summed E-state index contributed by atoms with van der Waals surface area (Å²) in [4.78, 5) is 39.2. The molecular formula is C24H26N2O8. The molecule has 180 valence electrons. The molecule has 2 heterocycles. The van der Waals surface area contributed by atoms with Gasteiger partial charge in [0.1, 0.15) is 11.5 Å². The fourth-order valence-corrected chi connectivity index (χ4v) is 3.81. The number of benzene rings is 2. The van der Waals surface area contributed by atoms with E-state index in [1.807, 2.05) is 6.07 Å². The van der Waals surface area contributed by atoms with E-state index in [4.69, 9.17) is 23.7 Å². The van der Waals surface area contributed by atoms with Crippen LogP contribution in [0.4, 0.5) is 5.69 Å². The molecule has 0 aromatic heterocycles. The van der Waals surface area contributed by atoms with Gasteiger partial charge in [-0.05, 0) is 36.8 Å². The summed E-state index contributed by atoms with van der Waals surface area (Å²) in [5.74, 6) is 0.355. The highest BCUT2D eigenvalue weighted by Crippen LogP contribution is 2.36. The number of carbonyl (C=O) groups excluding carboxylic acids is 3. The van der Waals surface area contributed by atoms with Crippen molar-refractivity contribution in [2.75, 3.05) is 32.5 Å². The number of methoxy groups -OCH3 is 2. The third-order valence-electron chi connectivity index (χ3n) is 5.70. The Morgan fingerprint density at radius 2 is 1.91 bits per heavy atom. The van der Waals surface area contributed by atoms with Gasteiger partial charge in [0.05, 0.1) is 25.8 Å². The molecule has 4 rings (SSSR count). The maximum absolute atomic E-state index is 12.7. The Morgan fingerprint density at radius 3 is 2.68 bits per heavy atom. The van der Waals surface area contributed by atoms with E-state index < -0.39 is 23.9 Å². The van der Waals surface area contributed by atoms with Crippen molar-refractivity contribution in [3.8, 4) is 23.0 Å². The van der Waals surface area contributed by atoms with Crippen molar-refractivity contribution >= 4 is 23.5 Å². The van der Waals surface area contributed by atoms with E-state index in [0.717, 1.165) is 5.56 Å². The molecule has 0 radical (unpaired) electrons. The molecule has 2 amide bonds. The maximum Gasteiger partial charge on any atom is 0.312 e. The van der Waals surface area contributed by atoms with Gasteiger partial charge in [0.2, 0.25) is 12.7 Å². The van der Waals surface area contributed by atoms with Crippen LogP contribution >= 0.6 is 0 Å². The average molecular weight is 470 g/mol. The van der Waals surface area contributed by atoms with Crippen LogP contribution in [0.1, 0.15) is 18.9 Å². The molecule has 2 aliphatic rings. The largest absolute Gasteiger partial charge is 0.497 e. The minimum absolute atomic E-state index is 0.0143. The Kier molecular flexibility index (Phi) is 6.76. The monoisotopic (exact) mass is 470 g/mol. The summed E-state index contributed by atoms with van der Waals surface area (Å²) in [6, 6.07) is 10.5. The molecule has 2 aliphatic heterocycles. The van der Waals surface area contributed by atoms with Gasteiger partial charge in [-0.15, -0.1) is 0 Å². The van der Waals surface area contributed by atoms with Crippen LogP contribution in [0.25, 0.3) is 0 Å². The fraction of sp³-hybridized carbons (Fsp3) is 0.375. The van der Waals surface area contributed by atoms with Gasteiger partial charge in [0.15, 0.2) is 17.6 Å². The number of hydrogen-bond donors (Lipinski definition) is 1. The zero-order valence-corrected chi connectivity index (χ0v) is 19.2. The van der Waals surface area contributed by atoms with Crippen molar-refractivity contribution < 1.29 is 38.1 Å². The third kappa shape index (κ3) is 4.85. The number of ether oxygens (including phenoxy) is 5. The van der Waals surface area contributed by atoms with Crippen molar-refractivity contribution in [2.45, 2.75) is 26.0 Å². The minimum atomic E-state index is -1.01. The van der Waals surface area contributed by atoms with E-state index >= 15 is 0 Å². The summed E-state index contributed by atoms with van der Waals surface area (Å²) < 4.78 is 26.5. The highest BCUT2D eigenvalue weighted by Gasteiger charge is 2.38. The molecule has 0 saturated carbocycles. The van der Waals surface area contributed by atoms with E-state index in [1.165, 1.54) is 26.0 Å². The summed E-state index contributed by atoms with van der Waals surface area (Å²) in [6.07, 6.45) is -1.03. The predicted molar refractivity (Wildman–Crippen MR) is 120 cm³/mol. The van der Waals surface area contributed by atoms with Gasteiger partial charge in [-0.3, -0.25) is 14.4 Å². The van der Waals surface area contributed by atoms with Crippen LogP contribution in [0.3, 0.4) is 0 Å². The lowest BCUT2D eigenvalue weighted by Crippen LogP contribution is -2.37. The number of amides is 2. The van der Waals surface area contributed by atoms with Crippen LogP contribution in [0, 0.1) is 5.92 Å². The molecule has 2 aromatic rings. The van der Waals surface area contributed by atoms with Crippen molar-refractivity contribution in [2.24, 2.45) is 5.92 Å². The average Bonchev–Trinajstić information content (AvgIpc) is 3.48. The van der Waals surface area contributed by atoms with Crippen molar-refractivity contribution in [3.63, 3.8) is 0 Å². The van der Waals surface area contributed by atoms with Gasteiger partial charge in [-0.25, -0.2) is 0 Å². The number of rotatable bonds is 8. The first-order valence-corrected chi connectivity index (χ1v) is 10.8. The van der Waals surface area contributed by atoms with E-state index in [-0.39, 0.29) is 32.2 Å². The summed E-state index contributed by atoms with van der Waals surface area (Å²) in [7, 11) is 3.03. The van der Waals surface area contributed by atoms with E-state index in [9.17, 15) is 14.4 Å². The number of nitrogens with one attached hydrogen (secondary N) is 1. The van der Waals surface area contributed by atoms with Crippen LogP contribution in [-0.2, 0) is 25.7 Å². The predicted octanol–water partition coefficient (Wildman–Crippen LogP) is 2.03. The van der Waals surface area contributed by atoms with E-state index in [0.29, 0.717) is 28.7 Å². The van der Waals surface area contributed by atoms with Crippen molar-refractivity contribution in [3.05, 3.63) is 42.0 Å². The first-order chi connectivity index (χ1) is 16.4. The lowest BCUT2D eigenvalue weighted by molar-refractivity contribution is -0.158. The van der Waals surface area contributed by atoms with Gasteiger partial charge in [0.25, 0.3) is 5.91 Å². The van der Waals surface area contributed by atoms with Crippen LogP contribution < -0.4 is 29.2 Å². The standard InChI is InChI=1S/C24H26N2O8/c1-14(23(28)25-11-15-4-7-19-21(8-15)33-13-32-19)34-24(29)16-9-22(27)26(12-16)18-6-5-17(30-2)10-20(18)31-3/h4-8,10,14,16H,9,11-13H2,1-3H3,(H,25,28)/t14-,16+/m1/s1. The smallest absolute Gasteiger partial charge is 0.312 e. The van der Waals surface area contributed by atoms with Crippen LogP contribution in [-0.4, -0.2) is 51.4 Å². The second-order valence-corrected chi connectivity index (χ2v) is 7.93. The fourth-order valence-electron chi connectivity index (χ4n) is 3.81. The molecule has 0 spiro atoms. The van der Waals surface area contributed by atoms with Crippen LogP contribution in [0.5, 0.6) is 23.0 Å². The first kappa shape index (κ1) is 23.2. The Balaban J connectivity index is 1.32. The Hall–Kier alpha value is -3.95. The molecule has 2 atom stereocenters. The van der Waals surface area contributed by atoms with E-state index in [2.05, 4.69) is 5.32 Å². The summed E-state index contributed by atoms with van der Waals surface area (Å²) in [6.45, 7) is 2.04. The van der Waals surface area contributed by atoms with Gasteiger partial charge in [-0.1, -0.05) is 6.07 Å². The van der Waals surface area contributed by atoms with Gasteiger partial charge >= 0.3 is 5.97 Å². The number of nitrogens with zero attached hydrogens (tertiary/aromatic N) is 1. The van der Waals surface area contributed by atoms with Gasteiger partial charge in [0, 0.05) is 25.6 Å². The first-order valence-electron chi connectivity index (χ1n) is 10.8. The SMILES string of the molecule is COc1ccc(N2C[C@@H](C(=O)O[C@H](C)C(=O)NCc3ccc4c(c3)OCO4)CC2=O)c(OC)c1. The number of fused-ring (bicyclic) bond motifs is 1. The normalized spacial score (nSPS) is 17.3. The topological polar surface area (TPSA) is 113 Å². The number of carbonyl (C=O) groups is 3. The molecule has 1 N–H and O–H groups in total. The number of hydrogen-bond acceptors (Lipinski definition) is 8. The van der Waals surface area contributed by atoms with Gasteiger partial charge in [-0.2, -0.15) is 0 Å². The molecule has 1 fully saturated rings. The lowest BCUT2D eigenvalue weighted by Gasteiger charge is -2.20. The Bertz CT molecular complexity index is 1100. The second kappa shape index (κ2) is 9.90. The number of anilines is 1. The zero-order chi connectivity index (χ0) is 24.2. The molecular weight excluding hydrogens is 444 g/mol. The highest BCUT2D eigenvalue weighted by atomic mass is 16.7. The van der Waals surface area contributed by atoms with Crippen LogP contribution in [0.2, 0.25) is 0 Å². The van der Waals surface area contributed by atoms with Crippen LogP contribution in [0.15, 0.2) is 36.4 Å². The second-order valence-electron chi connectivity index (χ2n) is 7.93. The molecule has 0 bridgehead atoms. The van der Waals surface area contributed by atoms with E-state index in [1.54, 1.807) is 30.3 Å². The summed E-state index contributed by atoms with van der Waals surface area (Å²) in [5.41, 5.74) is 1.36. The Labute approximate surface area is 196 Å². The number of esters is 1. The lowest BCUT2D eigenvalue weighted by atomic mass is 10.1. The molecule has 0 aliphatic carbocycles. The zero-order valence-electron chi connectivity index (χ0n) is 19.2.